The highest BCUT2D eigenvalue weighted by molar-refractivity contribution is 5.81. The first-order valence-electron chi connectivity index (χ1n) is 9.36. The van der Waals surface area contributed by atoms with Gasteiger partial charge < -0.3 is 9.47 Å². The van der Waals surface area contributed by atoms with Crippen molar-refractivity contribution in [2.24, 2.45) is 0 Å². The van der Waals surface area contributed by atoms with Crippen LogP contribution >= 0.6 is 0 Å². The number of hydrogen-bond acceptors (Lipinski definition) is 6. The van der Waals surface area contributed by atoms with Gasteiger partial charge in [-0.1, -0.05) is 60.7 Å². The molecule has 0 aromatic heterocycles. The number of nitrogens with zero attached hydrogens (tertiary/aromatic N) is 2. The maximum absolute atomic E-state index is 12.6. The van der Waals surface area contributed by atoms with E-state index in [0.717, 1.165) is 11.1 Å². The van der Waals surface area contributed by atoms with Crippen molar-refractivity contribution in [3.8, 4) is 0 Å². The molecule has 2 unspecified atom stereocenters. The zero-order valence-electron chi connectivity index (χ0n) is 15.8. The fourth-order valence-electron chi connectivity index (χ4n) is 3.21. The second kappa shape index (κ2) is 9.68. The molecule has 2 aromatic rings. The zero-order chi connectivity index (χ0) is 20.6. The number of piperidine rings is 1. The molecule has 1 amide bonds. The summed E-state index contributed by atoms with van der Waals surface area (Å²) in [7, 11) is 0. The monoisotopic (exact) mass is 398 g/mol. The molecule has 0 aliphatic carbocycles. The van der Waals surface area contributed by atoms with Crippen LogP contribution in [0.15, 0.2) is 60.7 Å². The van der Waals surface area contributed by atoms with Gasteiger partial charge in [-0.3, -0.25) is 15.0 Å². The molecule has 1 saturated heterocycles. The molecule has 8 heteroatoms. The van der Waals surface area contributed by atoms with E-state index in [9.17, 15) is 19.7 Å². The zero-order valence-corrected chi connectivity index (χ0v) is 15.8. The van der Waals surface area contributed by atoms with Crippen LogP contribution in [0.4, 0.5) is 4.79 Å². The highest BCUT2D eigenvalue weighted by Crippen LogP contribution is 2.22. The molecule has 0 N–H and O–H groups in total. The summed E-state index contributed by atoms with van der Waals surface area (Å²) >= 11 is 0. The first-order chi connectivity index (χ1) is 14.0. The van der Waals surface area contributed by atoms with E-state index in [1.165, 1.54) is 4.90 Å². The lowest BCUT2D eigenvalue weighted by Gasteiger charge is -2.34. The van der Waals surface area contributed by atoms with Crippen molar-refractivity contribution in [3.05, 3.63) is 81.9 Å². The van der Waals surface area contributed by atoms with Crippen molar-refractivity contribution >= 4 is 12.1 Å². The third kappa shape index (κ3) is 5.54. The molecule has 8 nitrogen and oxygen atoms in total. The number of carbonyl (C=O) groups excluding carboxylic acids is 2. The van der Waals surface area contributed by atoms with E-state index in [1.807, 2.05) is 48.5 Å². The number of ether oxygens (including phenoxy) is 2. The van der Waals surface area contributed by atoms with E-state index < -0.39 is 29.1 Å². The van der Waals surface area contributed by atoms with Crippen molar-refractivity contribution < 1.29 is 24.0 Å². The second-order valence-corrected chi connectivity index (χ2v) is 6.81. The van der Waals surface area contributed by atoms with Gasteiger partial charge in [0.2, 0.25) is 6.04 Å². The molecule has 0 spiro atoms. The number of amides is 1. The largest absolute Gasteiger partial charge is 0.459 e. The smallest absolute Gasteiger partial charge is 0.410 e. The van der Waals surface area contributed by atoms with E-state index in [2.05, 4.69) is 0 Å². The number of rotatable bonds is 6. The molecule has 1 fully saturated rings. The van der Waals surface area contributed by atoms with Crippen LogP contribution in [0.3, 0.4) is 0 Å². The number of benzene rings is 2. The van der Waals surface area contributed by atoms with E-state index in [-0.39, 0.29) is 32.6 Å². The predicted molar refractivity (Wildman–Crippen MR) is 103 cm³/mol. The lowest BCUT2D eigenvalue weighted by molar-refractivity contribution is -0.527. The standard InChI is InChI=1S/C21H22N2O6/c24-20(28-14-16-7-3-1-4-8-16)19-13-18(23(26)27)11-12-22(19)21(25)29-15-17-9-5-2-6-10-17/h1-10,18-19H,11-15H2. The van der Waals surface area contributed by atoms with Crippen LogP contribution in [-0.4, -0.2) is 40.5 Å². The third-order valence-corrected chi connectivity index (χ3v) is 4.81. The van der Waals surface area contributed by atoms with E-state index in [1.54, 1.807) is 12.1 Å². The highest BCUT2D eigenvalue weighted by Gasteiger charge is 2.42. The van der Waals surface area contributed by atoms with E-state index in [4.69, 9.17) is 9.47 Å². The summed E-state index contributed by atoms with van der Waals surface area (Å²) in [4.78, 5) is 37.2. The number of carbonyl (C=O) groups is 2. The van der Waals surface area contributed by atoms with Gasteiger partial charge in [-0.25, -0.2) is 9.59 Å². The van der Waals surface area contributed by atoms with Gasteiger partial charge in [0.25, 0.3) is 0 Å². The Morgan fingerprint density at radius 3 is 2.07 bits per heavy atom. The molecule has 3 rings (SSSR count). The van der Waals surface area contributed by atoms with Crippen molar-refractivity contribution in [3.63, 3.8) is 0 Å². The maximum Gasteiger partial charge on any atom is 0.410 e. The predicted octanol–water partition coefficient (Wildman–Crippen LogP) is 3.18. The van der Waals surface area contributed by atoms with Gasteiger partial charge in [-0.05, 0) is 11.1 Å². The van der Waals surface area contributed by atoms with E-state index >= 15 is 0 Å². The summed E-state index contributed by atoms with van der Waals surface area (Å²) in [6.07, 6.45) is -0.617. The van der Waals surface area contributed by atoms with Crippen molar-refractivity contribution in [2.45, 2.75) is 38.1 Å². The lowest BCUT2D eigenvalue weighted by Crippen LogP contribution is -2.53. The SMILES string of the molecule is O=C(OCc1ccccc1)C1CC([N+](=O)[O-])CCN1C(=O)OCc1ccccc1. The Hall–Kier alpha value is -3.42. The molecule has 29 heavy (non-hydrogen) atoms. The topological polar surface area (TPSA) is 99.0 Å². The number of esters is 1. The quantitative estimate of drug-likeness (QED) is 0.421. The molecule has 2 aromatic carbocycles. The Bertz CT molecular complexity index is 843. The lowest BCUT2D eigenvalue weighted by atomic mass is 9.98. The fourth-order valence-corrected chi connectivity index (χ4v) is 3.21. The third-order valence-electron chi connectivity index (χ3n) is 4.81. The Labute approximate surface area is 168 Å². The molecule has 1 heterocycles. The Morgan fingerprint density at radius 2 is 1.52 bits per heavy atom. The Kier molecular flexibility index (Phi) is 6.78. The molecule has 1 aliphatic heterocycles. The van der Waals surface area contributed by atoms with Gasteiger partial charge >= 0.3 is 12.1 Å². The summed E-state index contributed by atoms with van der Waals surface area (Å²) < 4.78 is 10.6. The first-order valence-corrected chi connectivity index (χ1v) is 9.36. The molecular formula is C21H22N2O6. The minimum atomic E-state index is -1.05. The minimum Gasteiger partial charge on any atom is -0.459 e. The molecule has 0 saturated carbocycles. The summed E-state index contributed by atoms with van der Waals surface area (Å²) in [6, 6.07) is 16.3. The highest BCUT2D eigenvalue weighted by atomic mass is 16.6. The summed E-state index contributed by atoms with van der Waals surface area (Å²) in [5.74, 6) is -0.669. The van der Waals surface area contributed by atoms with Crippen LogP contribution in [-0.2, 0) is 27.5 Å². The van der Waals surface area contributed by atoms with Gasteiger partial charge in [0.1, 0.15) is 19.3 Å². The van der Waals surface area contributed by atoms with E-state index in [0.29, 0.717) is 0 Å². The number of likely N-dealkylation sites (tertiary alicyclic amines) is 1. The van der Waals surface area contributed by atoms with Gasteiger partial charge in [0.15, 0.2) is 0 Å². The van der Waals surface area contributed by atoms with Crippen LogP contribution in [0.25, 0.3) is 0 Å². The molecule has 152 valence electrons. The van der Waals surface area contributed by atoms with Crippen LogP contribution in [0.2, 0.25) is 0 Å². The minimum absolute atomic E-state index is 0.0339. The van der Waals surface area contributed by atoms with Crippen LogP contribution in [0.5, 0.6) is 0 Å². The normalized spacial score (nSPS) is 18.7. The molecule has 0 radical (unpaired) electrons. The van der Waals surface area contributed by atoms with Crippen molar-refractivity contribution in [1.82, 2.24) is 4.90 Å². The van der Waals surface area contributed by atoms with Crippen molar-refractivity contribution in [2.75, 3.05) is 6.54 Å². The fraction of sp³-hybridized carbons (Fsp3) is 0.333. The number of nitro groups is 1. The Morgan fingerprint density at radius 1 is 0.966 bits per heavy atom. The molecule has 0 bridgehead atoms. The van der Waals surface area contributed by atoms with Gasteiger partial charge in [-0.15, -0.1) is 0 Å². The van der Waals surface area contributed by atoms with Crippen LogP contribution in [0, 0.1) is 10.1 Å². The molecule has 2 atom stereocenters. The van der Waals surface area contributed by atoms with Gasteiger partial charge in [-0.2, -0.15) is 0 Å². The summed E-state index contributed by atoms with van der Waals surface area (Å²) in [5.41, 5.74) is 1.60. The van der Waals surface area contributed by atoms with Gasteiger partial charge in [0, 0.05) is 24.3 Å². The van der Waals surface area contributed by atoms with Crippen molar-refractivity contribution in [1.29, 1.82) is 0 Å². The second-order valence-electron chi connectivity index (χ2n) is 6.81. The maximum atomic E-state index is 12.6. The summed E-state index contributed by atoms with van der Waals surface area (Å²) in [5, 5.41) is 11.2. The first kappa shape index (κ1) is 20.3. The average molecular weight is 398 g/mol. The average Bonchev–Trinajstić information content (AvgIpc) is 2.76. The molecule has 1 aliphatic rings. The summed E-state index contributed by atoms with van der Waals surface area (Å²) in [6.45, 7) is 0.150. The van der Waals surface area contributed by atoms with Crippen LogP contribution in [0.1, 0.15) is 24.0 Å². The number of hydrogen-bond donors (Lipinski definition) is 0. The Balaban J connectivity index is 1.65. The van der Waals surface area contributed by atoms with Gasteiger partial charge in [0.05, 0.1) is 0 Å². The van der Waals surface area contributed by atoms with Crippen LogP contribution < -0.4 is 0 Å². The molecular weight excluding hydrogens is 376 g/mol.